The number of sulfonamides is 2. The lowest BCUT2D eigenvalue weighted by molar-refractivity contribution is 0.0730. The number of aryl methyl sites for hydroxylation is 1. The summed E-state index contributed by atoms with van der Waals surface area (Å²) in [7, 11) is -6.96. The molecule has 2 aromatic carbocycles. The van der Waals surface area contributed by atoms with E-state index >= 15 is 0 Å². The lowest BCUT2D eigenvalue weighted by Crippen LogP contribution is -2.40. The molecular formula is C21H27N3O7S2. The Labute approximate surface area is 194 Å². The maximum absolute atomic E-state index is 12.6. The zero-order valence-corrected chi connectivity index (χ0v) is 20.0. The molecular weight excluding hydrogens is 470 g/mol. The fourth-order valence-corrected chi connectivity index (χ4v) is 5.23. The zero-order valence-electron chi connectivity index (χ0n) is 18.4. The zero-order chi connectivity index (χ0) is 24.1. The van der Waals surface area contributed by atoms with E-state index in [0.29, 0.717) is 48.9 Å². The number of hydrogen-bond acceptors (Lipinski definition) is 7. The maximum atomic E-state index is 12.6. The topological polar surface area (TPSA) is 131 Å². The molecule has 0 atom stereocenters. The molecule has 1 fully saturated rings. The van der Waals surface area contributed by atoms with Gasteiger partial charge < -0.3 is 14.8 Å². The predicted molar refractivity (Wildman–Crippen MR) is 123 cm³/mol. The van der Waals surface area contributed by atoms with Crippen molar-refractivity contribution in [3.05, 3.63) is 53.6 Å². The summed E-state index contributed by atoms with van der Waals surface area (Å²) in [6.07, 6.45) is 1.06. The molecule has 0 saturated carbocycles. The van der Waals surface area contributed by atoms with Gasteiger partial charge in [-0.2, -0.15) is 4.31 Å². The van der Waals surface area contributed by atoms with E-state index in [1.807, 2.05) is 0 Å². The highest BCUT2D eigenvalue weighted by Crippen LogP contribution is 2.21. The summed E-state index contributed by atoms with van der Waals surface area (Å²) in [5.74, 6) is 0.164. The van der Waals surface area contributed by atoms with Crippen molar-refractivity contribution in [1.29, 1.82) is 0 Å². The van der Waals surface area contributed by atoms with Gasteiger partial charge in [0, 0.05) is 18.7 Å². The van der Waals surface area contributed by atoms with Crippen LogP contribution in [0.5, 0.6) is 5.75 Å². The number of anilines is 1. The summed E-state index contributed by atoms with van der Waals surface area (Å²) in [5, 5.41) is 2.73. The average Bonchev–Trinajstić information content (AvgIpc) is 2.78. The smallest absolute Gasteiger partial charge is 0.251 e. The fraction of sp³-hybridized carbons (Fsp3) is 0.381. The molecule has 10 nitrogen and oxygen atoms in total. The highest BCUT2D eigenvalue weighted by Gasteiger charge is 2.26. The van der Waals surface area contributed by atoms with Gasteiger partial charge in [-0.05, 0) is 55.0 Å². The highest BCUT2D eigenvalue weighted by atomic mass is 32.2. The third-order valence-electron chi connectivity index (χ3n) is 4.87. The van der Waals surface area contributed by atoms with Gasteiger partial charge in [0.25, 0.3) is 5.91 Å². The van der Waals surface area contributed by atoms with Crippen molar-refractivity contribution in [2.24, 2.45) is 0 Å². The number of carbonyl (C=O) groups excluding carboxylic acids is 1. The first-order valence-electron chi connectivity index (χ1n) is 10.2. The highest BCUT2D eigenvalue weighted by molar-refractivity contribution is 7.92. The molecule has 0 aliphatic carbocycles. The van der Waals surface area contributed by atoms with Gasteiger partial charge in [0.1, 0.15) is 12.4 Å². The van der Waals surface area contributed by atoms with Gasteiger partial charge in [0.2, 0.25) is 20.0 Å². The van der Waals surface area contributed by atoms with Crippen LogP contribution in [0.1, 0.15) is 15.9 Å². The average molecular weight is 498 g/mol. The summed E-state index contributed by atoms with van der Waals surface area (Å²) < 4.78 is 62.6. The minimum absolute atomic E-state index is 0.188. The minimum Gasteiger partial charge on any atom is -0.492 e. The molecule has 0 aromatic heterocycles. The number of ether oxygens (including phenoxy) is 2. The second kappa shape index (κ2) is 10.5. The van der Waals surface area contributed by atoms with Gasteiger partial charge >= 0.3 is 0 Å². The van der Waals surface area contributed by atoms with E-state index in [2.05, 4.69) is 10.0 Å². The Kier molecular flexibility index (Phi) is 7.95. The standard InChI is InChI=1S/C21H27N3O7S2/c1-16-15-17(3-8-20(16)23-32(2,26)27)21(25)22-9-12-31-18-4-6-19(7-5-18)33(28,29)24-10-13-30-14-11-24/h3-8,15,23H,9-14H2,1-2H3,(H,22,25). The second-order valence-electron chi connectivity index (χ2n) is 7.50. The largest absolute Gasteiger partial charge is 0.492 e. The van der Waals surface area contributed by atoms with E-state index in [4.69, 9.17) is 9.47 Å². The van der Waals surface area contributed by atoms with E-state index in [9.17, 15) is 21.6 Å². The van der Waals surface area contributed by atoms with E-state index < -0.39 is 20.0 Å². The van der Waals surface area contributed by atoms with E-state index in [1.165, 1.54) is 28.6 Å². The first-order valence-corrected chi connectivity index (χ1v) is 13.6. The van der Waals surface area contributed by atoms with Gasteiger partial charge in [0.05, 0.1) is 36.6 Å². The lowest BCUT2D eigenvalue weighted by Gasteiger charge is -2.26. The Morgan fingerprint density at radius 2 is 1.73 bits per heavy atom. The number of nitrogens with one attached hydrogen (secondary N) is 2. The van der Waals surface area contributed by atoms with Crippen LogP contribution in [0.15, 0.2) is 47.4 Å². The van der Waals surface area contributed by atoms with Crippen molar-refractivity contribution in [3.63, 3.8) is 0 Å². The van der Waals surface area contributed by atoms with Crippen molar-refractivity contribution in [2.75, 3.05) is 50.4 Å². The van der Waals surface area contributed by atoms with Crippen molar-refractivity contribution >= 4 is 31.6 Å². The molecule has 0 unspecified atom stereocenters. The molecule has 2 N–H and O–H groups in total. The van der Waals surface area contributed by atoms with Crippen LogP contribution in [0.2, 0.25) is 0 Å². The molecule has 1 amide bonds. The molecule has 1 heterocycles. The number of morpholine rings is 1. The number of carbonyl (C=O) groups is 1. The first-order chi connectivity index (χ1) is 15.6. The minimum atomic E-state index is -3.56. The number of benzene rings is 2. The third-order valence-corrected chi connectivity index (χ3v) is 7.38. The number of hydrogen-bond donors (Lipinski definition) is 2. The predicted octanol–water partition coefficient (Wildman–Crippen LogP) is 1.20. The molecule has 0 radical (unpaired) electrons. The first kappa shape index (κ1) is 25.0. The van der Waals surface area contributed by atoms with E-state index in [1.54, 1.807) is 25.1 Å². The Hall–Kier alpha value is -2.67. The molecule has 0 spiro atoms. The Balaban J connectivity index is 1.49. The summed E-state index contributed by atoms with van der Waals surface area (Å²) in [6.45, 7) is 3.55. The normalized spacial score (nSPS) is 15.1. The molecule has 1 aliphatic heterocycles. The van der Waals surface area contributed by atoms with Gasteiger partial charge in [-0.3, -0.25) is 9.52 Å². The van der Waals surface area contributed by atoms with Crippen LogP contribution >= 0.6 is 0 Å². The van der Waals surface area contributed by atoms with Crippen LogP contribution in [0.25, 0.3) is 0 Å². The Morgan fingerprint density at radius 3 is 2.33 bits per heavy atom. The molecule has 180 valence electrons. The molecule has 3 rings (SSSR count). The van der Waals surface area contributed by atoms with Crippen molar-refractivity contribution in [3.8, 4) is 5.75 Å². The molecule has 12 heteroatoms. The molecule has 1 aliphatic rings. The van der Waals surface area contributed by atoms with Gasteiger partial charge in [0.15, 0.2) is 0 Å². The maximum Gasteiger partial charge on any atom is 0.251 e. The van der Waals surface area contributed by atoms with Gasteiger partial charge in [-0.1, -0.05) is 0 Å². The van der Waals surface area contributed by atoms with Crippen molar-refractivity contribution < 1.29 is 31.1 Å². The Bertz CT molecular complexity index is 1190. The monoisotopic (exact) mass is 497 g/mol. The van der Waals surface area contributed by atoms with Crippen LogP contribution in [0.3, 0.4) is 0 Å². The van der Waals surface area contributed by atoms with Gasteiger partial charge in [-0.15, -0.1) is 0 Å². The number of nitrogens with zero attached hydrogens (tertiary/aromatic N) is 1. The van der Waals surface area contributed by atoms with E-state index in [-0.39, 0.29) is 24.0 Å². The summed E-state index contributed by atoms with van der Waals surface area (Å²) in [4.78, 5) is 12.5. The summed E-state index contributed by atoms with van der Waals surface area (Å²) >= 11 is 0. The quantitative estimate of drug-likeness (QED) is 0.498. The van der Waals surface area contributed by atoms with Crippen molar-refractivity contribution in [1.82, 2.24) is 9.62 Å². The van der Waals surface area contributed by atoms with Gasteiger partial charge in [-0.25, -0.2) is 16.8 Å². The van der Waals surface area contributed by atoms with Crippen LogP contribution in [-0.2, 0) is 24.8 Å². The van der Waals surface area contributed by atoms with Crippen LogP contribution < -0.4 is 14.8 Å². The van der Waals surface area contributed by atoms with Crippen LogP contribution in [0.4, 0.5) is 5.69 Å². The molecule has 2 aromatic rings. The number of rotatable bonds is 9. The SMILES string of the molecule is Cc1cc(C(=O)NCCOc2ccc(S(=O)(=O)N3CCOCC3)cc2)ccc1NS(C)(=O)=O. The molecule has 1 saturated heterocycles. The third kappa shape index (κ3) is 6.90. The summed E-state index contributed by atoms with van der Waals surface area (Å²) in [5.41, 5.74) is 1.43. The summed E-state index contributed by atoms with van der Waals surface area (Å²) in [6, 6.07) is 10.8. The van der Waals surface area contributed by atoms with Crippen molar-refractivity contribution in [2.45, 2.75) is 11.8 Å². The van der Waals surface area contributed by atoms with Crippen LogP contribution in [0, 0.1) is 6.92 Å². The molecule has 0 bridgehead atoms. The fourth-order valence-electron chi connectivity index (χ4n) is 3.20. The second-order valence-corrected chi connectivity index (χ2v) is 11.2. The molecule has 33 heavy (non-hydrogen) atoms. The van der Waals surface area contributed by atoms with E-state index in [0.717, 1.165) is 6.26 Å². The van der Waals surface area contributed by atoms with Crippen LogP contribution in [-0.4, -0.2) is 72.8 Å². The lowest BCUT2D eigenvalue weighted by atomic mass is 10.1. The Morgan fingerprint density at radius 1 is 1.06 bits per heavy atom. The number of amides is 1.